The van der Waals surface area contributed by atoms with Crippen molar-refractivity contribution in [2.24, 2.45) is 5.73 Å². The van der Waals surface area contributed by atoms with Crippen LogP contribution in [0.3, 0.4) is 0 Å². The molecule has 5 heteroatoms. The highest BCUT2D eigenvalue weighted by molar-refractivity contribution is 14.1. The average Bonchev–Trinajstić information content (AvgIpc) is 2.46. The van der Waals surface area contributed by atoms with Crippen molar-refractivity contribution in [2.75, 3.05) is 0 Å². The predicted molar refractivity (Wildman–Crippen MR) is 55.2 cm³/mol. The predicted octanol–water partition coefficient (Wildman–Crippen LogP) is 1.53. The summed E-state index contributed by atoms with van der Waals surface area (Å²) in [7, 11) is 0. The molecule has 0 aliphatic rings. The standard InChI is InChI=1S/C8H5IN2O2/c9-4-1-2-5-6(3-4)13-8(11-5)7(10)12/h1-3H,(H2,10,12). The number of amides is 1. The zero-order valence-corrected chi connectivity index (χ0v) is 8.61. The highest BCUT2D eigenvalue weighted by Gasteiger charge is 2.09. The molecule has 0 aliphatic carbocycles. The number of halogens is 1. The van der Waals surface area contributed by atoms with E-state index in [9.17, 15) is 4.79 Å². The van der Waals surface area contributed by atoms with Crippen LogP contribution < -0.4 is 5.73 Å². The molecule has 0 bridgehead atoms. The van der Waals surface area contributed by atoms with E-state index in [0.29, 0.717) is 11.1 Å². The summed E-state index contributed by atoms with van der Waals surface area (Å²) in [5.41, 5.74) is 6.25. The lowest BCUT2D eigenvalue weighted by molar-refractivity contribution is 0.0969. The van der Waals surface area contributed by atoms with Gasteiger partial charge in [-0.25, -0.2) is 4.98 Å². The third-order valence-corrected chi connectivity index (χ3v) is 2.23. The first-order chi connectivity index (χ1) is 6.16. The minimum absolute atomic E-state index is 0.0444. The average molecular weight is 288 g/mol. The normalized spacial score (nSPS) is 10.5. The second-order valence-electron chi connectivity index (χ2n) is 2.50. The number of oxazole rings is 1. The van der Waals surface area contributed by atoms with Gasteiger partial charge in [-0.1, -0.05) is 0 Å². The van der Waals surface area contributed by atoms with Crippen LogP contribution in [0, 0.1) is 3.57 Å². The monoisotopic (exact) mass is 288 g/mol. The molecule has 2 N–H and O–H groups in total. The number of nitrogens with two attached hydrogens (primary N) is 1. The summed E-state index contributed by atoms with van der Waals surface area (Å²) in [5, 5.41) is 0. The molecule has 4 nitrogen and oxygen atoms in total. The fraction of sp³-hybridized carbons (Fsp3) is 0. The van der Waals surface area contributed by atoms with E-state index in [0.717, 1.165) is 3.57 Å². The van der Waals surface area contributed by atoms with Gasteiger partial charge < -0.3 is 10.2 Å². The van der Waals surface area contributed by atoms with Crippen molar-refractivity contribution in [1.29, 1.82) is 0 Å². The Balaban J connectivity index is 2.68. The molecule has 0 saturated carbocycles. The fourth-order valence-corrected chi connectivity index (χ4v) is 1.47. The summed E-state index contributed by atoms with van der Waals surface area (Å²) in [6.45, 7) is 0. The van der Waals surface area contributed by atoms with Crippen LogP contribution in [0.5, 0.6) is 0 Å². The van der Waals surface area contributed by atoms with E-state index in [1.54, 1.807) is 12.1 Å². The lowest BCUT2D eigenvalue weighted by Gasteiger charge is -1.86. The minimum Gasteiger partial charge on any atom is -0.432 e. The summed E-state index contributed by atoms with van der Waals surface area (Å²) < 4.78 is 6.15. The molecule has 0 atom stereocenters. The molecule has 0 radical (unpaired) electrons. The first-order valence-corrected chi connectivity index (χ1v) is 4.60. The zero-order valence-electron chi connectivity index (χ0n) is 6.45. The van der Waals surface area contributed by atoms with Crippen LogP contribution in [0.2, 0.25) is 0 Å². The molecule has 1 amide bonds. The summed E-state index contributed by atoms with van der Waals surface area (Å²) in [6.07, 6.45) is 0. The topological polar surface area (TPSA) is 69.1 Å². The molecule has 1 aromatic heterocycles. The van der Waals surface area contributed by atoms with Crippen molar-refractivity contribution in [3.8, 4) is 0 Å². The molecule has 2 rings (SSSR count). The van der Waals surface area contributed by atoms with Crippen LogP contribution in [-0.2, 0) is 0 Å². The maximum absolute atomic E-state index is 10.7. The van der Waals surface area contributed by atoms with Crippen LogP contribution in [-0.4, -0.2) is 10.9 Å². The van der Waals surface area contributed by atoms with Crippen molar-refractivity contribution < 1.29 is 9.21 Å². The molecule has 2 aromatic rings. The summed E-state index contributed by atoms with van der Waals surface area (Å²) in [6, 6.07) is 5.47. The molecule has 13 heavy (non-hydrogen) atoms. The Labute approximate surface area is 87.3 Å². The highest BCUT2D eigenvalue weighted by atomic mass is 127. The molecule has 1 aromatic carbocycles. The fourth-order valence-electron chi connectivity index (χ4n) is 1.00. The zero-order chi connectivity index (χ0) is 9.42. The van der Waals surface area contributed by atoms with E-state index in [4.69, 9.17) is 10.2 Å². The smallest absolute Gasteiger partial charge is 0.304 e. The highest BCUT2D eigenvalue weighted by Crippen LogP contribution is 2.17. The Morgan fingerprint density at radius 2 is 2.31 bits per heavy atom. The van der Waals surface area contributed by atoms with Crippen molar-refractivity contribution >= 4 is 39.6 Å². The quantitative estimate of drug-likeness (QED) is 0.809. The molecular formula is C8H5IN2O2. The summed E-state index contributed by atoms with van der Waals surface area (Å²) >= 11 is 2.15. The summed E-state index contributed by atoms with van der Waals surface area (Å²) in [5.74, 6) is -0.691. The summed E-state index contributed by atoms with van der Waals surface area (Å²) in [4.78, 5) is 14.6. The SMILES string of the molecule is NC(=O)c1nc2ccc(I)cc2o1. The molecule has 0 aliphatic heterocycles. The van der Waals surface area contributed by atoms with Gasteiger partial charge >= 0.3 is 5.91 Å². The lowest BCUT2D eigenvalue weighted by atomic mass is 10.3. The first kappa shape index (κ1) is 8.49. The number of hydrogen-bond acceptors (Lipinski definition) is 3. The maximum Gasteiger partial charge on any atom is 0.304 e. The third-order valence-electron chi connectivity index (χ3n) is 1.56. The van der Waals surface area contributed by atoms with E-state index in [2.05, 4.69) is 27.6 Å². The van der Waals surface area contributed by atoms with Gasteiger partial charge in [0, 0.05) is 3.57 Å². The molecule has 66 valence electrons. The Morgan fingerprint density at radius 3 is 3.00 bits per heavy atom. The molecule has 0 unspecified atom stereocenters. The van der Waals surface area contributed by atoms with Gasteiger partial charge in [-0.3, -0.25) is 4.79 Å². The second-order valence-corrected chi connectivity index (χ2v) is 3.74. The van der Waals surface area contributed by atoms with Gasteiger partial charge in [-0.15, -0.1) is 0 Å². The lowest BCUT2D eigenvalue weighted by Crippen LogP contribution is -2.10. The van der Waals surface area contributed by atoms with E-state index < -0.39 is 5.91 Å². The first-order valence-electron chi connectivity index (χ1n) is 3.53. The van der Waals surface area contributed by atoms with Crippen molar-refractivity contribution in [1.82, 2.24) is 4.98 Å². The number of nitrogens with zero attached hydrogens (tertiary/aromatic N) is 1. The van der Waals surface area contributed by atoms with Gasteiger partial charge in [0.1, 0.15) is 5.52 Å². The molecular weight excluding hydrogens is 283 g/mol. The van der Waals surface area contributed by atoms with E-state index in [1.165, 1.54) is 0 Å². The number of carbonyl (C=O) groups excluding carboxylic acids is 1. The molecule has 0 spiro atoms. The number of benzene rings is 1. The number of primary amides is 1. The van der Waals surface area contributed by atoms with Gasteiger partial charge in [0.05, 0.1) is 0 Å². The van der Waals surface area contributed by atoms with Gasteiger partial charge in [0.25, 0.3) is 5.89 Å². The second kappa shape index (κ2) is 2.99. The van der Waals surface area contributed by atoms with Crippen LogP contribution in [0.1, 0.15) is 10.7 Å². The molecule has 0 saturated heterocycles. The van der Waals surface area contributed by atoms with Crippen LogP contribution in [0.25, 0.3) is 11.1 Å². The number of hydrogen-bond donors (Lipinski definition) is 1. The van der Waals surface area contributed by atoms with Crippen molar-refractivity contribution in [2.45, 2.75) is 0 Å². The van der Waals surface area contributed by atoms with Gasteiger partial charge in [0.2, 0.25) is 0 Å². The number of rotatable bonds is 1. The Kier molecular flexibility index (Phi) is 1.95. The molecule has 0 fully saturated rings. The van der Waals surface area contributed by atoms with Crippen molar-refractivity contribution in [3.63, 3.8) is 0 Å². The third kappa shape index (κ3) is 1.51. The van der Waals surface area contributed by atoms with Gasteiger partial charge in [0.15, 0.2) is 5.58 Å². The minimum atomic E-state index is -0.647. The van der Waals surface area contributed by atoms with Crippen LogP contribution in [0.4, 0.5) is 0 Å². The van der Waals surface area contributed by atoms with Gasteiger partial charge in [-0.2, -0.15) is 0 Å². The number of aromatic nitrogens is 1. The largest absolute Gasteiger partial charge is 0.432 e. The Bertz CT molecular complexity index is 478. The van der Waals surface area contributed by atoms with Crippen LogP contribution in [0.15, 0.2) is 22.6 Å². The van der Waals surface area contributed by atoms with E-state index in [1.807, 2.05) is 6.07 Å². The van der Waals surface area contributed by atoms with E-state index >= 15 is 0 Å². The van der Waals surface area contributed by atoms with E-state index in [-0.39, 0.29) is 5.89 Å². The molecule has 1 heterocycles. The van der Waals surface area contributed by atoms with Crippen LogP contribution >= 0.6 is 22.6 Å². The Morgan fingerprint density at radius 1 is 1.54 bits per heavy atom. The number of fused-ring (bicyclic) bond motifs is 1. The van der Waals surface area contributed by atoms with Gasteiger partial charge in [-0.05, 0) is 40.8 Å². The Hall–Kier alpha value is -1.11. The van der Waals surface area contributed by atoms with Crippen molar-refractivity contribution in [3.05, 3.63) is 27.7 Å². The maximum atomic E-state index is 10.7. The number of carbonyl (C=O) groups is 1.